The first-order valence-electron chi connectivity index (χ1n) is 6.37. The Hall–Kier alpha value is -1.06. The summed E-state index contributed by atoms with van der Waals surface area (Å²) >= 11 is 5.93. The lowest BCUT2D eigenvalue weighted by Gasteiger charge is -2.18. The first kappa shape index (κ1) is 13.4. The number of benzene rings is 1. The summed E-state index contributed by atoms with van der Waals surface area (Å²) in [6, 6.07) is 7.05. The first-order chi connectivity index (χ1) is 8.56. The van der Waals surface area contributed by atoms with Crippen LogP contribution >= 0.6 is 11.6 Å². The van der Waals surface area contributed by atoms with Gasteiger partial charge in [0.2, 0.25) is 5.91 Å². The molecule has 0 bridgehead atoms. The molecule has 0 spiro atoms. The average molecular weight is 267 g/mol. The maximum absolute atomic E-state index is 11.9. The van der Waals surface area contributed by atoms with Gasteiger partial charge in [-0.2, -0.15) is 0 Å². The van der Waals surface area contributed by atoms with Crippen LogP contribution in [-0.4, -0.2) is 11.9 Å². The third kappa shape index (κ3) is 3.72. The summed E-state index contributed by atoms with van der Waals surface area (Å²) < 4.78 is 0. The van der Waals surface area contributed by atoms with Gasteiger partial charge < -0.3 is 11.1 Å². The predicted molar refractivity (Wildman–Crippen MR) is 73.3 cm³/mol. The van der Waals surface area contributed by atoms with E-state index in [4.69, 9.17) is 17.3 Å². The molecule has 1 aromatic rings. The number of nitrogens with two attached hydrogens (primary N) is 1. The van der Waals surface area contributed by atoms with Gasteiger partial charge in [0.1, 0.15) is 0 Å². The van der Waals surface area contributed by atoms with Gasteiger partial charge in [-0.25, -0.2) is 0 Å². The van der Waals surface area contributed by atoms with Crippen molar-refractivity contribution in [2.45, 2.75) is 38.3 Å². The third-order valence-corrected chi connectivity index (χ3v) is 3.56. The normalized spacial score (nSPS) is 18.2. The zero-order valence-electron chi connectivity index (χ0n) is 10.5. The van der Waals surface area contributed by atoms with Crippen LogP contribution in [0.4, 0.5) is 0 Å². The molecule has 98 valence electrons. The lowest BCUT2D eigenvalue weighted by Crippen LogP contribution is -2.41. The highest BCUT2D eigenvalue weighted by Gasteiger charge is 2.27. The van der Waals surface area contributed by atoms with E-state index < -0.39 is 0 Å². The van der Waals surface area contributed by atoms with Crippen LogP contribution in [0.25, 0.3) is 0 Å². The minimum absolute atomic E-state index is 0.0681. The number of amides is 1. The van der Waals surface area contributed by atoms with Crippen LogP contribution in [-0.2, 0) is 4.79 Å². The van der Waals surface area contributed by atoms with Crippen molar-refractivity contribution in [1.82, 2.24) is 5.32 Å². The van der Waals surface area contributed by atoms with Crippen molar-refractivity contribution >= 4 is 17.5 Å². The molecule has 2 rings (SSSR count). The summed E-state index contributed by atoms with van der Waals surface area (Å²) in [7, 11) is 0. The van der Waals surface area contributed by atoms with E-state index in [0.29, 0.717) is 10.9 Å². The molecular weight excluding hydrogens is 248 g/mol. The smallest absolute Gasteiger partial charge is 0.237 e. The van der Waals surface area contributed by atoms with Crippen molar-refractivity contribution < 1.29 is 4.79 Å². The molecule has 1 aliphatic carbocycles. The molecular formula is C14H19ClN2O. The average Bonchev–Trinajstić information content (AvgIpc) is 3.12. The highest BCUT2D eigenvalue weighted by atomic mass is 35.5. The fraction of sp³-hybridized carbons (Fsp3) is 0.500. The number of carbonyl (C=O) groups excluding carboxylic acids is 1. The molecule has 3 nitrogen and oxygen atoms in total. The molecule has 0 heterocycles. The zero-order chi connectivity index (χ0) is 13.1. The minimum atomic E-state index is -0.390. The van der Waals surface area contributed by atoms with E-state index in [1.165, 1.54) is 12.8 Å². The van der Waals surface area contributed by atoms with Crippen LogP contribution in [0.1, 0.15) is 37.8 Å². The Bertz CT molecular complexity index is 432. The Kier molecular flexibility index (Phi) is 4.25. The fourth-order valence-corrected chi connectivity index (χ4v) is 2.20. The molecule has 3 N–H and O–H groups in total. The van der Waals surface area contributed by atoms with Crippen LogP contribution in [0.15, 0.2) is 24.3 Å². The van der Waals surface area contributed by atoms with E-state index in [2.05, 4.69) is 5.32 Å². The van der Waals surface area contributed by atoms with Gasteiger partial charge in [0.05, 0.1) is 12.1 Å². The maximum Gasteiger partial charge on any atom is 0.237 e. The van der Waals surface area contributed by atoms with Crippen LogP contribution in [0.2, 0.25) is 5.02 Å². The first-order valence-corrected chi connectivity index (χ1v) is 6.75. The highest BCUT2D eigenvalue weighted by Crippen LogP contribution is 2.33. The number of carbonyl (C=O) groups is 1. The number of hydrogen-bond acceptors (Lipinski definition) is 2. The van der Waals surface area contributed by atoms with Gasteiger partial charge in [-0.05, 0) is 37.0 Å². The second kappa shape index (κ2) is 5.72. The van der Waals surface area contributed by atoms with Gasteiger partial charge in [-0.3, -0.25) is 4.79 Å². The summed E-state index contributed by atoms with van der Waals surface area (Å²) in [5, 5.41) is 3.61. The topological polar surface area (TPSA) is 55.1 Å². The predicted octanol–water partition coefficient (Wildman–Crippen LogP) is 2.64. The molecule has 4 heteroatoms. The number of halogens is 1. The lowest BCUT2D eigenvalue weighted by atomic mass is 10.1. The Morgan fingerprint density at radius 2 is 2.28 bits per heavy atom. The van der Waals surface area contributed by atoms with E-state index >= 15 is 0 Å². The van der Waals surface area contributed by atoms with Crippen molar-refractivity contribution in [3.8, 4) is 0 Å². The maximum atomic E-state index is 11.9. The highest BCUT2D eigenvalue weighted by molar-refractivity contribution is 6.30. The van der Waals surface area contributed by atoms with Gasteiger partial charge in [-0.15, -0.1) is 0 Å². The molecule has 18 heavy (non-hydrogen) atoms. The molecule has 1 aliphatic rings. The molecule has 1 amide bonds. The van der Waals surface area contributed by atoms with E-state index in [0.717, 1.165) is 12.0 Å². The number of hydrogen-bond donors (Lipinski definition) is 2. The Morgan fingerprint density at radius 1 is 1.56 bits per heavy atom. The standard InChI is InChI=1S/C14H19ClN2O/c1-9(11-3-2-4-12(15)8-11)17-14(18)13(16)7-10-5-6-10/h2-4,8-10,13H,5-7,16H2,1H3,(H,17,18)/t9?,13-/m0/s1. The lowest BCUT2D eigenvalue weighted by molar-refractivity contribution is -0.123. The van der Waals surface area contributed by atoms with Crippen LogP contribution in [0.5, 0.6) is 0 Å². The minimum Gasteiger partial charge on any atom is -0.348 e. The molecule has 2 atom stereocenters. The number of rotatable bonds is 5. The second-order valence-electron chi connectivity index (χ2n) is 5.07. The van der Waals surface area contributed by atoms with Crippen LogP contribution in [0.3, 0.4) is 0 Å². The molecule has 0 saturated heterocycles. The van der Waals surface area contributed by atoms with Gasteiger partial charge in [0, 0.05) is 5.02 Å². The Morgan fingerprint density at radius 3 is 2.89 bits per heavy atom. The van der Waals surface area contributed by atoms with Crippen molar-refractivity contribution in [2.24, 2.45) is 11.7 Å². The van der Waals surface area contributed by atoms with Crippen molar-refractivity contribution in [3.05, 3.63) is 34.9 Å². The SMILES string of the molecule is CC(NC(=O)[C@@H](N)CC1CC1)c1cccc(Cl)c1. The van der Waals surface area contributed by atoms with E-state index in [1.54, 1.807) is 0 Å². The summed E-state index contributed by atoms with van der Waals surface area (Å²) in [6.07, 6.45) is 3.23. The fourth-order valence-electron chi connectivity index (χ4n) is 2.00. The second-order valence-corrected chi connectivity index (χ2v) is 5.51. The molecule has 1 unspecified atom stereocenters. The van der Waals surface area contributed by atoms with Gasteiger partial charge in [-0.1, -0.05) is 36.6 Å². The summed E-state index contributed by atoms with van der Waals surface area (Å²) in [6.45, 7) is 1.94. The molecule has 0 aromatic heterocycles. The monoisotopic (exact) mass is 266 g/mol. The van der Waals surface area contributed by atoms with Gasteiger partial charge >= 0.3 is 0 Å². The molecule has 0 aliphatic heterocycles. The summed E-state index contributed by atoms with van der Waals surface area (Å²) in [5.41, 5.74) is 6.87. The van der Waals surface area contributed by atoms with Crippen molar-refractivity contribution in [2.75, 3.05) is 0 Å². The third-order valence-electron chi connectivity index (χ3n) is 3.33. The quantitative estimate of drug-likeness (QED) is 0.861. The van der Waals surface area contributed by atoms with E-state index in [1.807, 2.05) is 31.2 Å². The van der Waals surface area contributed by atoms with Crippen LogP contribution in [0, 0.1) is 5.92 Å². The van der Waals surface area contributed by atoms with E-state index in [9.17, 15) is 4.79 Å². The molecule has 1 aromatic carbocycles. The summed E-state index contributed by atoms with van der Waals surface area (Å²) in [4.78, 5) is 11.9. The zero-order valence-corrected chi connectivity index (χ0v) is 11.3. The molecule has 1 fully saturated rings. The van der Waals surface area contributed by atoms with Gasteiger partial charge in [0.15, 0.2) is 0 Å². The largest absolute Gasteiger partial charge is 0.348 e. The van der Waals surface area contributed by atoms with E-state index in [-0.39, 0.29) is 18.0 Å². The summed E-state index contributed by atoms with van der Waals surface area (Å²) in [5.74, 6) is 0.585. The van der Waals surface area contributed by atoms with Crippen LogP contribution < -0.4 is 11.1 Å². The van der Waals surface area contributed by atoms with Gasteiger partial charge in [0.25, 0.3) is 0 Å². The number of nitrogens with one attached hydrogen (secondary N) is 1. The molecule has 0 radical (unpaired) electrons. The molecule has 1 saturated carbocycles. The Labute approximate surface area is 113 Å². The van der Waals surface area contributed by atoms with Crippen molar-refractivity contribution in [1.29, 1.82) is 0 Å². The van der Waals surface area contributed by atoms with Crippen molar-refractivity contribution in [3.63, 3.8) is 0 Å². The Balaban J connectivity index is 1.89.